The van der Waals surface area contributed by atoms with Crippen LogP contribution in [-0.2, 0) is 0 Å². The van der Waals surface area contributed by atoms with E-state index in [0.717, 1.165) is 30.7 Å². The largest absolute Gasteiger partial charge is 0.507 e. The average Bonchev–Trinajstić information content (AvgIpc) is 2.67. The summed E-state index contributed by atoms with van der Waals surface area (Å²) in [5, 5.41) is 14.8. The Balaban J connectivity index is 1.93. The minimum absolute atomic E-state index is 0.0735. The molecule has 0 aliphatic carbocycles. The van der Waals surface area contributed by atoms with Gasteiger partial charge in [-0.1, -0.05) is 17.7 Å². The van der Waals surface area contributed by atoms with Crippen molar-refractivity contribution >= 4 is 28.2 Å². The molecule has 4 rings (SSSR count). The van der Waals surface area contributed by atoms with E-state index in [0.29, 0.717) is 27.9 Å². The van der Waals surface area contributed by atoms with Crippen molar-refractivity contribution in [3.8, 4) is 22.6 Å². The number of rotatable bonds is 3. The van der Waals surface area contributed by atoms with Crippen LogP contribution in [0, 0.1) is 5.82 Å². The van der Waals surface area contributed by atoms with E-state index in [4.69, 9.17) is 16.3 Å². The summed E-state index contributed by atoms with van der Waals surface area (Å²) in [7, 11) is 1.62. The van der Waals surface area contributed by atoms with Crippen molar-refractivity contribution < 1.29 is 14.2 Å². The summed E-state index contributed by atoms with van der Waals surface area (Å²) in [6.07, 6.45) is 1.67. The number of ether oxygens (including phenoxy) is 1. The molecule has 5 nitrogen and oxygen atoms in total. The molecule has 28 heavy (non-hydrogen) atoms. The monoisotopic (exact) mass is 401 g/mol. The van der Waals surface area contributed by atoms with Crippen molar-refractivity contribution in [3.05, 3.63) is 47.4 Å². The highest BCUT2D eigenvalue weighted by molar-refractivity contribution is 6.34. The number of hydrogen-bond donors (Lipinski definition) is 2. The lowest BCUT2D eigenvalue weighted by molar-refractivity contribution is 0.409. The number of pyridine rings is 1. The number of anilines is 1. The molecule has 3 aromatic rings. The molecular weight excluding hydrogens is 381 g/mol. The van der Waals surface area contributed by atoms with E-state index >= 15 is 0 Å². The summed E-state index contributed by atoms with van der Waals surface area (Å²) in [4.78, 5) is 6.73. The number of nitrogens with one attached hydrogen (secondary N) is 1. The maximum Gasteiger partial charge on any atom is 0.161 e. The molecule has 7 heteroatoms. The summed E-state index contributed by atoms with van der Waals surface area (Å²) in [6, 6.07) is 8.01. The molecule has 1 aliphatic heterocycles. The molecule has 0 spiro atoms. The highest BCUT2D eigenvalue weighted by Gasteiger charge is 2.23. The number of halogens is 2. The fourth-order valence-electron chi connectivity index (χ4n) is 3.76. The minimum Gasteiger partial charge on any atom is -0.507 e. The predicted octanol–water partition coefficient (Wildman–Crippen LogP) is 4.21. The van der Waals surface area contributed by atoms with Gasteiger partial charge in [0.15, 0.2) is 5.75 Å². The zero-order chi connectivity index (χ0) is 19.8. The number of aromatic nitrogens is 1. The van der Waals surface area contributed by atoms with Gasteiger partial charge in [-0.15, -0.1) is 0 Å². The maximum atomic E-state index is 14.4. The smallest absolute Gasteiger partial charge is 0.161 e. The van der Waals surface area contributed by atoms with Gasteiger partial charge in [-0.3, -0.25) is 4.98 Å². The third-order valence-corrected chi connectivity index (χ3v) is 5.37. The average molecular weight is 402 g/mol. The van der Waals surface area contributed by atoms with Gasteiger partial charge in [-0.05, 0) is 31.2 Å². The first-order chi connectivity index (χ1) is 13.5. The Hall–Kier alpha value is -2.57. The molecule has 1 fully saturated rings. The van der Waals surface area contributed by atoms with E-state index in [9.17, 15) is 9.50 Å². The van der Waals surface area contributed by atoms with Crippen molar-refractivity contribution in [1.82, 2.24) is 10.3 Å². The maximum absolute atomic E-state index is 14.4. The second-order valence-corrected chi connectivity index (χ2v) is 7.37. The van der Waals surface area contributed by atoms with Crippen LogP contribution in [0.4, 0.5) is 10.1 Å². The van der Waals surface area contributed by atoms with Crippen molar-refractivity contribution in [1.29, 1.82) is 0 Å². The highest BCUT2D eigenvalue weighted by atomic mass is 35.5. The number of methoxy groups -OCH3 is 1. The Bertz CT molecular complexity index is 1020. The van der Waals surface area contributed by atoms with Gasteiger partial charge in [0.25, 0.3) is 0 Å². The van der Waals surface area contributed by atoms with Gasteiger partial charge in [0.05, 0.1) is 30.1 Å². The van der Waals surface area contributed by atoms with Gasteiger partial charge < -0.3 is 20.1 Å². The lowest BCUT2D eigenvalue weighted by Crippen LogP contribution is -2.49. The summed E-state index contributed by atoms with van der Waals surface area (Å²) < 4.78 is 19.9. The van der Waals surface area contributed by atoms with E-state index in [2.05, 4.69) is 22.1 Å². The normalized spacial score (nSPS) is 17.1. The fourth-order valence-corrected chi connectivity index (χ4v) is 4.02. The fraction of sp³-hybridized carbons (Fsp3) is 0.286. The van der Waals surface area contributed by atoms with Crippen molar-refractivity contribution in [2.24, 2.45) is 0 Å². The Morgan fingerprint density at radius 2 is 2.18 bits per heavy atom. The van der Waals surface area contributed by atoms with Crippen molar-refractivity contribution in [2.45, 2.75) is 13.0 Å². The number of fused-ring (bicyclic) bond motifs is 1. The van der Waals surface area contributed by atoms with Crippen LogP contribution < -0.4 is 15.0 Å². The van der Waals surface area contributed by atoms with Crippen molar-refractivity contribution in [2.75, 3.05) is 31.6 Å². The molecule has 1 atom stereocenters. The zero-order valence-corrected chi connectivity index (χ0v) is 16.4. The first-order valence-corrected chi connectivity index (χ1v) is 9.49. The number of aromatic hydroxyl groups is 1. The van der Waals surface area contributed by atoms with E-state index in [1.807, 2.05) is 0 Å². The molecule has 1 unspecified atom stereocenters. The number of hydrogen-bond acceptors (Lipinski definition) is 5. The van der Waals surface area contributed by atoms with Crippen LogP contribution in [0.1, 0.15) is 6.92 Å². The molecular formula is C21H21ClFN3O2. The van der Waals surface area contributed by atoms with Gasteiger partial charge in [0.1, 0.15) is 11.6 Å². The second-order valence-electron chi connectivity index (χ2n) is 6.96. The molecule has 2 heterocycles. The molecule has 0 amide bonds. The van der Waals surface area contributed by atoms with Gasteiger partial charge in [-0.2, -0.15) is 0 Å². The number of benzene rings is 2. The topological polar surface area (TPSA) is 57.6 Å². The molecule has 146 valence electrons. The molecule has 0 bridgehead atoms. The third-order valence-electron chi connectivity index (χ3n) is 5.06. The Morgan fingerprint density at radius 1 is 1.36 bits per heavy atom. The van der Waals surface area contributed by atoms with E-state index in [-0.39, 0.29) is 11.3 Å². The third kappa shape index (κ3) is 3.23. The highest BCUT2D eigenvalue weighted by Crippen LogP contribution is 2.42. The molecule has 2 N–H and O–H groups in total. The first kappa shape index (κ1) is 18.8. The standard InChI is InChI=1S/C21H21ClFN3O2/c1-12-11-26(7-6-24-12)21-14-8-15(22)13(9-17(14)25-10-19(21)28-2)20-16(23)4-3-5-18(20)27/h3-5,8-10,12,24,27H,6-7,11H2,1-2H3. The molecule has 0 radical (unpaired) electrons. The van der Waals surface area contributed by atoms with Gasteiger partial charge >= 0.3 is 0 Å². The zero-order valence-electron chi connectivity index (χ0n) is 15.7. The number of nitrogens with zero attached hydrogens (tertiary/aromatic N) is 2. The van der Waals surface area contributed by atoms with Gasteiger partial charge in [0.2, 0.25) is 0 Å². The van der Waals surface area contributed by atoms with Gasteiger partial charge in [0, 0.05) is 41.6 Å². The Labute approximate surface area is 167 Å². The van der Waals surface area contributed by atoms with Gasteiger partial charge in [-0.25, -0.2) is 4.39 Å². The van der Waals surface area contributed by atoms with E-state index < -0.39 is 5.82 Å². The number of phenols is 1. The number of phenolic OH excluding ortho intramolecular Hbond substituents is 1. The van der Waals surface area contributed by atoms with E-state index in [1.165, 1.54) is 18.2 Å². The van der Waals surface area contributed by atoms with Crippen LogP contribution in [0.15, 0.2) is 36.5 Å². The first-order valence-electron chi connectivity index (χ1n) is 9.12. The molecule has 1 aromatic heterocycles. The minimum atomic E-state index is -0.536. The van der Waals surface area contributed by atoms with E-state index in [1.54, 1.807) is 25.4 Å². The summed E-state index contributed by atoms with van der Waals surface area (Å²) in [6.45, 7) is 4.65. The Kier molecular flexibility index (Phi) is 5.00. The number of piperazine rings is 1. The summed E-state index contributed by atoms with van der Waals surface area (Å²) in [5.41, 5.74) is 2.06. The Morgan fingerprint density at radius 3 is 2.89 bits per heavy atom. The van der Waals surface area contributed by atoms with Crippen molar-refractivity contribution in [3.63, 3.8) is 0 Å². The second kappa shape index (κ2) is 7.45. The summed E-state index contributed by atoms with van der Waals surface area (Å²) in [5.74, 6) is -0.0315. The van der Waals surface area contributed by atoms with Crippen LogP contribution in [0.3, 0.4) is 0 Å². The quantitative estimate of drug-likeness (QED) is 0.688. The lowest BCUT2D eigenvalue weighted by Gasteiger charge is -2.35. The van der Waals surface area contributed by atoms with Crippen LogP contribution in [0.25, 0.3) is 22.0 Å². The lowest BCUT2D eigenvalue weighted by atomic mass is 10.0. The van der Waals surface area contributed by atoms with Crippen LogP contribution in [0.2, 0.25) is 5.02 Å². The predicted molar refractivity (Wildman–Crippen MR) is 110 cm³/mol. The van der Waals surface area contributed by atoms with Crippen LogP contribution in [-0.4, -0.2) is 42.9 Å². The summed E-state index contributed by atoms with van der Waals surface area (Å²) >= 11 is 6.54. The van der Waals surface area contributed by atoms with Crippen LogP contribution >= 0.6 is 11.6 Å². The SMILES string of the molecule is COc1cnc2cc(-c3c(O)cccc3F)c(Cl)cc2c1N1CCNC(C)C1. The molecule has 0 saturated carbocycles. The molecule has 1 saturated heterocycles. The molecule has 2 aromatic carbocycles. The molecule has 1 aliphatic rings. The van der Waals surface area contributed by atoms with Crippen LogP contribution in [0.5, 0.6) is 11.5 Å².